The lowest BCUT2D eigenvalue weighted by Crippen LogP contribution is -2.49. The molecule has 1 unspecified atom stereocenters. The largest absolute Gasteiger partial charge is 0.362 e. The number of rotatable bonds is 7. The Morgan fingerprint density at radius 3 is 2.45 bits per heavy atom. The third kappa shape index (κ3) is 6.45. The van der Waals surface area contributed by atoms with Gasteiger partial charge in [-0.2, -0.15) is 0 Å². The Morgan fingerprint density at radius 2 is 1.93 bits per heavy atom. The fourth-order valence-electron chi connectivity index (χ4n) is 4.29. The molecule has 2 aliphatic rings. The minimum absolute atomic E-state index is 0.0545. The van der Waals surface area contributed by atoms with Crippen molar-refractivity contribution < 1.29 is 4.79 Å². The van der Waals surface area contributed by atoms with Crippen molar-refractivity contribution in [3.8, 4) is 0 Å². The number of carbonyl (C=O) groups is 1. The number of allylic oxidation sites excluding steroid dienone is 5. The predicted molar refractivity (Wildman–Crippen MR) is 124 cm³/mol. The van der Waals surface area contributed by atoms with Crippen molar-refractivity contribution in [2.24, 2.45) is 10.4 Å². The van der Waals surface area contributed by atoms with E-state index in [0.717, 1.165) is 31.3 Å². The molecule has 1 amide bonds. The average molecular weight is 398 g/mol. The normalized spacial score (nSPS) is 20.1. The lowest BCUT2D eigenvalue weighted by molar-refractivity contribution is -0.125. The van der Waals surface area contributed by atoms with Crippen LogP contribution in [-0.4, -0.2) is 36.7 Å². The number of hydrogen-bond donors (Lipinski definition) is 1. The lowest BCUT2D eigenvalue weighted by Gasteiger charge is -2.36. The summed E-state index contributed by atoms with van der Waals surface area (Å²) in [6.45, 7) is 12.3. The first-order valence-corrected chi connectivity index (χ1v) is 11.0. The van der Waals surface area contributed by atoms with E-state index in [0.29, 0.717) is 0 Å². The van der Waals surface area contributed by atoms with Gasteiger partial charge in [0.05, 0.1) is 0 Å². The van der Waals surface area contributed by atoms with Crippen LogP contribution in [0.4, 0.5) is 0 Å². The first kappa shape index (κ1) is 23.2. The summed E-state index contributed by atoms with van der Waals surface area (Å²) in [6, 6.07) is -0.127. The summed E-state index contributed by atoms with van der Waals surface area (Å²) in [6.07, 6.45) is 17.8. The number of likely N-dealkylation sites (N-methyl/N-ethyl adjacent to an activating group) is 1. The molecule has 0 aromatic heterocycles. The monoisotopic (exact) mass is 397 g/mol. The molecular formula is C25H39N3O. The quantitative estimate of drug-likeness (QED) is 0.452. The summed E-state index contributed by atoms with van der Waals surface area (Å²) in [7, 11) is 2.02. The zero-order valence-electron chi connectivity index (χ0n) is 19.0. The van der Waals surface area contributed by atoms with Crippen LogP contribution >= 0.6 is 0 Å². The van der Waals surface area contributed by atoms with Crippen LogP contribution < -0.4 is 5.32 Å². The van der Waals surface area contributed by atoms with Crippen LogP contribution in [0.1, 0.15) is 72.6 Å². The molecule has 0 bridgehead atoms. The van der Waals surface area contributed by atoms with Crippen molar-refractivity contribution in [3.63, 3.8) is 0 Å². The number of nitrogens with zero attached hydrogens (tertiary/aromatic N) is 2. The maximum Gasteiger partial charge on any atom is 0.247 e. The summed E-state index contributed by atoms with van der Waals surface area (Å²) < 4.78 is 0. The molecule has 160 valence electrons. The minimum Gasteiger partial charge on any atom is -0.362 e. The number of hydrogen-bond acceptors (Lipinski definition) is 3. The first-order valence-electron chi connectivity index (χ1n) is 11.0. The summed E-state index contributed by atoms with van der Waals surface area (Å²) in [5.41, 5.74) is 3.68. The fraction of sp³-hybridized carbons (Fsp3) is 0.600. The molecule has 2 rings (SSSR count). The standard InChI is InChI=1S/C25H39N3O/c1-7-11-19(18-26-5)23(24(29)27-21-12-9-8-10-13-21)28(6)22-16-14-20(15-17-22)25(2,3)4/h7,11,14,16,18,21,23H,5,8-10,12-13,15,17H2,1-4,6H3,(H,27,29)/b11-7-,19-18+. The van der Waals surface area contributed by atoms with Crippen LogP contribution in [0.25, 0.3) is 0 Å². The number of nitrogens with one attached hydrogen (secondary N) is 1. The van der Waals surface area contributed by atoms with Gasteiger partial charge in [-0.05, 0) is 50.8 Å². The maximum atomic E-state index is 13.4. The Kier molecular flexibility index (Phi) is 8.48. The highest BCUT2D eigenvalue weighted by Crippen LogP contribution is 2.34. The van der Waals surface area contributed by atoms with E-state index in [1.165, 1.54) is 30.5 Å². The van der Waals surface area contributed by atoms with Crippen LogP contribution in [-0.2, 0) is 4.79 Å². The van der Waals surface area contributed by atoms with Gasteiger partial charge in [-0.25, -0.2) is 0 Å². The minimum atomic E-state index is -0.408. The predicted octanol–water partition coefficient (Wildman–Crippen LogP) is 5.55. The SMILES string of the molecule is C=N/C=C(\C=C/C)C(C(=O)NC1CCCCC1)N(C)C1=CC=C(C(C)(C)C)CC1. The van der Waals surface area contributed by atoms with E-state index in [1.54, 1.807) is 6.20 Å². The zero-order chi connectivity index (χ0) is 21.4. The fourth-order valence-corrected chi connectivity index (χ4v) is 4.29. The van der Waals surface area contributed by atoms with E-state index in [2.05, 4.69) is 54.8 Å². The van der Waals surface area contributed by atoms with Gasteiger partial charge >= 0.3 is 0 Å². The Bertz CT molecular complexity index is 700. The highest BCUT2D eigenvalue weighted by atomic mass is 16.2. The first-order chi connectivity index (χ1) is 13.8. The van der Waals surface area contributed by atoms with Gasteiger partial charge in [0.15, 0.2) is 0 Å². The Hall–Kier alpha value is -2.10. The number of amides is 1. The molecule has 0 aliphatic heterocycles. The third-order valence-electron chi connectivity index (χ3n) is 6.05. The van der Waals surface area contributed by atoms with Crippen LogP contribution in [0.15, 0.2) is 52.3 Å². The molecule has 4 nitrogen and oxygen atoms in total. The Morgan fingerprint density at radius 1 is 1.24 bits per heavy atom. The molecule has 0 radical (unpaired) electrons. The average Bonchev–Trinajstić information content (AvgIpc) is 2.68. The van der Waals surface area contributed by atoms with Gasteiger partial charge in [0, 0.05) is 30.6 Å². The van der Waals surface area contributed by atoms with Crippen LogP contribution in [0, 0.1) is 5.41 Å². The molecule has 1 atom stereocenters. The molecule has 0 spiro atoms. The second-order valence-electron chi connectivity index (χ2n) is 9.27. The smallest absolute Gasteiger partial charge is 0.247 e. The molecule has 0 aromatic carbocycles. The number of aliphatic imine (C=N–C) groups is 1. The van der Waals surface area contributed by atoms with Crippen LogP contribution in [0.5, 0.6) is 0 Å². The topological polar surface area (TPSA) is 44.7 Å². The number of carbonyl (C=O) groups excluding carboxylic acids is 1. The van der Waals surface area contributed by atoms with Crippen molar-refractivity contribution in [2.45, 2.75) is 84.7 Å². The van der Waals surface area contributed by atoms with E-state index in [9.17, 15) is 4.79 Å². The molecule has 2 aliphatic carbocycles. The van der Waals surface area contributed by atoms with Crippen molar-refractivity contribution in [3.05, 3.63) is 47.3 Å². The van der Waals surface area contributed by atoms with E-state index in [1.807, 2.05) is 26.1 Å². The van der Waals surface area contributed by atoms with Gasteiger partial charge < -0.3 is 10.2 Å². The molecular weight excluding hydrogens is 358 g/mol. The van der Waals surface area contributed by atoms with E-state index in [4.69, 9.17) is 0 Å². The molecule has 29 heavy (non-hydrogen) atoms. The second-order valence-corrected chi connectivity index (χ2v) is 9.27. The summed E-state index contributed by atoms with van der Waals surface area (Å²) in [5.74, 6) is 0.0545. The lowest BCUT2D eigenvalue weighted by atomic mass is 9.81. The highest BCUT2D eigenvalue weighted by molar-refractivity contribution is 5.86. The van der Waals surface area contributed by atoms with Gasteiger partial charge in [0.1, 0.15) is 6.04 Å². The molecule has 0 saturated heterocycles. The molecule has 4 heteroatoms. The Labute approximate surface area is 177 Å². The van der Waals surface area contributed by atoms with Crippen molar-refractivity contribution in [1.82, 2.24) is 10.2 Å². The van der Waals surface area contributed by atoms with E-state index >= 15 is 0 Å². The molecule has 1 fully saturated rings. The maximum absolute atomic E-state index is 13.4. The third-order valence-corrected chi connectivity index (χ3v) is 6.05. The van der Waals surface area contributed by atoms with Crippen molar-refractivity contribution in [2.75, 3.05) is 7.05 Å². The second kappa shape index (κ2) is 10.6. The van der Waals surface area contributed by atoms with Crippen molar-refractivity contribution >= 4 is 12.6 Å². The van der Waals surface area contributed by atoms with E-state index < -0.39 is 6.04 Å². The zero-order valence-corrected chi connectivity index (χ0v) is 19.0. The molecule has 0 heterocycles. The molecule has 1 N–H and O–H groups in total. The van der Waals surface area contributed by atoms with Crippen LogP contribution in [0.2, 0.25) is 0 Å². The highest BCUT2D eigenvalue weighted by Gasteiger charge is 2.30. The van der Waals surface area contributed by atoms with Gasteiger partial charge in [-0.15, -0.1) is 0 Å². The molecule has 0 aromatic rings. The van der Waals surface area contributed by atoms with Crippen molar-refractivity contribution in [1.29, 1.82) is 0 Å². The van der Waals surface area contributed by atoms with E-state index in [-0.39, 0.29) is 17.4 Å². The summed E-state index contributed by atoms with van der Waals surface area (Å²) in [5, 5.41) is 3.31. The van der Waals surface area contributed by atoms with Gasteiger partial charge in [0.2, 0.25) is 5.91 Å². The van der Waals surface area contributed by atoms with Gasteiger partial charge in [-0.1, -0.05) is 63.8 Å². The van der Waals surface area contributed by atoms with Gasteiger partial charge in [-0.3, -0.25) is 9.79 Å². The van der Waals surface area contributed by atoms with Gasteiger partial charge in [0.25, 0.3) is 0 Å². The summed E-state index contributed by atoms with van der Waals surface area (Å²) >= 11 is 0. The molecule has 1 saturated carbocycles. The summed E-state index contributed by atoms with van der Waals surface area (Å²) in [4.78, 5) is 19.5. The van der Waals surface area contributed by atoms with Crippen LogP contribution in [0.3, 0.4) is 0 Å². The Balaban J connectivity index is 2.29.